The van der Waals surface area contributed by atoms with Crippen molar-refractivity contribution in [2.45, 2.75) is 19.4 Å². The molecule has 1 aliphatic rings. The third-order valence-electron chi connectivity index (χ3n) is 2.55. The molecule has 0 amide bonds. The first-order valence-corrected chi connectivity index (χ1v) is 4.90. The molecule has 3 heteroatoms. The zero-order valence-corrected chi connectivity index (χ0v) is 8.16. The molecule has 0 spiro atoms. The standard InChI is InChI=1S/C11H15NO2/c12-14-6-3-9-1-2-10-4-5-13-8-11(10)7-9/h1-2,7H,3-6,8,12H2. The lowest BCUT2D eigenvalue weighted by atomic mass is 9.99. The van der Waals surface area contributed by atoms with E-state index in [-0.39, 0.29) is 0 Å². The fraction of sp³-hybridized carbons (Fsp3) is 0.455. The molecule has 0 aromatic heterocycles. The van der Waals surface area contributed by atoms with Gasteiger partial charge in [-0.15, -0.1) is 0 Å². The Bertz CT molecular complexity index is 312. The van der Waals surface area contributed by atoms with Crippen LogP contribution in [0.5, 0.6) is 0 Å². The maximum atomic E-state index is 5.40. The number of hydrogen-bond acceptors (Lipinski definition) is 3. The molecule has 0 unspecified atom stereocenters. The van der Waals surface area contributed by atoms with E-state index in [2.05, 4.69) is 23.0 Å². The van der Waals surface area contributed by atoms with Crippen molar-refractivity contribution in [3.05, 3.63) is 34.9 Å². The van der Waals surface area contributed by atoms with Crippen molar-refractivity contribution in [3.8, 4) is 0 Å². The van der Waals surface area contributed by atoms with Gasteiger partial charge in [0.05, 0.1) is 19.8 Å². The van der Waals surface area contributed by atoms with E-state index in [0.29, 0.717) is 6.61 Å². The highest BCUT2D eigenvalue weighted by Crippen LogP contribution is 2.18. The zero-order valence-electron chi connectivity index (χ0n) is 8.16. The molecule has 14 heavy (non-hydrogen) atoms. The zero-order chi connectivity index (χ0) is 9.80. The van der Waals surface area contributed by atoms with Gasteiger partial charge in [0.15, 0.2) is 0 Å². The predicted molar refractivity (Wildman–Crippen MR) is 53.6 cm³/mol. The molecular formula is C11H15NO2. The highest BCUT2D eigenvalue weighted by Gasteiger charge is 2.09. The maximum absolute atomic E-state index is 5.40. The number of ether oxygens (including phenoxy) is 1. The van der Waals surface area contributed by atoms with Gasteiger partial charge in [0.25, 0.3) is 0 Å². The molecule has 2 rings (SSSR count). The van der Waals surface area contributed by atoms with Gasteiger partial charge >= 0.3 is 0 Å². The monoisotopic (exact) mass is 193 g/mol. The summed E-state index contributed by atoms with van der Waals surface area (Å²) >= 11 is 0. The van der Waals surface area contributed by atoms with Crippen molar-refractivity contribution < 1.29 is 9.57 Å². The molecule has 2 N–H and O–H groups in total. The molecule has 1 heterocycles. The minimum atomic E-state index is 0.569. The largest absolute Gasteiger partial charge is 0.376 e. The van der Waals surface area contributed by atoms with Crippen LogP contribution in [0.25, 0.3) is 0 Å². The number of fused-ring (bicyclic) bond motifs is 1. The van der Waals surface area contributed by atoms with E-state index < -0.39 is 0 Å². The Balaban J connectivity index is 2.12. The summed E-state index contributed by atoms with van der Waals surface area (Å²) in [5, 5.41) is 0. The van der Waals surface area contributed by atoms with Gasteiger partial charge in [-0.25, -0.2) is 5.90 Å². The predicted octanol–water partition coefficient (Wildman–Crippen LogP) is 1.19. The molecule has 1 aromatic carbocycles. The van der Waals surface area contributed by atoms with Crippen LogP contribution in [0, 0.1) is 0 Å². The van der Waals surface area contributed by atoms with Gasteiger partial charge < -0.3 is 9.57 Å². The first-order chi connectivity index (χ1) is 6.90. The number of hydrogen-bond donors (Lipinski definition) is 1. The molecule has 0 saturated heterocycles. The van der Waals surface area contributed by atoms with E-state index in [4.69, 9.17) is 10.6 Å². The van der Waals surface area contributed by atoms with Gasteiger partial charge in [-0.2, -0.15) is 0 Å². The second kappa shape index (κ2) is 4.55. The summed E-state index contributed by atoms with van der Waals surface area (Å²) < 4.78 is 5.40. The second-order valence-electron chi connectivity index (χ2n) is 3.53. The summed E-state index contributed by atoms with van der Waals surface area (Å²) in [5.74, 6) is 4.99. The van der Waals surface area contributed by atoms with Crippen LogP contribution >= 0.6 is 0 Å². The lowest BCUT2D eigenvalue weighted by Crippen LogP contribution is -2.10. The third-order valence-corrected chi connectivity index (χ3v) is 2.55. The van der Waals surface area contributed by atoms with Crippen LogP contribution in [0.3, 0.4) is 0 Å². The Morgan fingerprint density at radius 3 is 3.14 bits per heavy atom. The topological polar surface area (TPSA) is 44.5 Å². The SMILES string of the molecule is NOCCc1ccc2c(c1)COCC2. The van der Waals surface area contributed by atoms with E-state index in [1.807, 2.05) is 0 Å². The fourth-order valence-corrected chi connectivity index (χ4v) is 1.75. The molecule has 0 aliphatic carbocycles. The van der Waals surface area contributed by atoms with Crippen LogP contribution in [0.2, 0.25) is 0 Å². The lowest BCUT2D eigenvalue weighted by molar-refractivity contribution is 0.110. The van der Waals surface area contributed by atoms with Crippen LogP contribution in [-0.2, 0) is 29.0 Å². The Morgan fingerprint density at radius 2 is 2.29 bits per heavy atom. The summed E-state index contributed by atoms with van der Waals surface area (Å²) in [4.78, 5) is 4.56. The van der Waals surface area contributed by atoms with E-state index >= 15 is 0 Å². The molecule has 0 saturated carbocycles. The first kappa shape index (κ1) is 9.65. The smallest absolute Gasteiger partial charge is 0.0719 e. The Morgan fingerprint density at radius 1 is 1.36 bits per heavy atom. The fourth-order valence-electron chi connectivity index (χ4n) is 1.75. The molecule has 1 aromatic rings. The normalized spacial score (nSPS) is 15.2. The first-order valence-electron chi connectivity index (χ1n) is 4.90. The van der Waals surface area contributed by atoms with E-state index in [0.717, 1.165) is 26.1 Å². The molecule has 0 bridgehead atoms. The van der Waals surface area contributed by atoms with Gasteiger partial charge in [0, 0.05) is 0 Å². The van der Waals surface area contributed by atoms with Crippen LogP contribution in [0.15, 0.2) is 18.2 Å². The van der Waals surface area contributed by atoms with Gasteiger partial charge in [0.1, 0.15) is 0 Å². The van der Waals surface area contributed by atoms with Crippen molar-refractivity contribution in [1.29, 1.82) is 0 Å². The summed E-state index contributed by atoms with van der Waals surface area (Å²) in [6, 6.07) is 6.51. The van der Waals surface area contributed by atoms with Gasteiger partial charge in [0.2, 0.25) is 0 Å². The molecular weight excluding hydrogens is 178 g/mol. The van der Waals surface area contributed by atoms with Gasteiger partial charge in [-0.3, -0.25) is 0 Å². The Hall–Kier alpha value is -0.900. The maximum Gasteiger partial charge on any atom is 0.0719 e. The molecule has 0 atom stereocenters. The molecule has 0 fully saturated rings. The average Bonchev–Trinajstić information content (AvgIpc) is 2.26. The third kappa shape index (κ3) is 2.12. The van der Waals surface area contributed by atoms with Crippen LogP contribution in [0.1, 0.15) is 16.7 Å². The quantitative estimate of drug-likeness (QED) is 0.733. The van der Waals surface area contributed by atoms with Gasteiger partial charge in [-0.1, -0.05) is 18.2 Å². The molecule has 76 valence electrons. The minimum absolute atomic E-state index is 0.569. The molecule has 3 nitrogen and oxygen atoms in total. The van der Waals surface area contributed by atoms with Crippen molar-refractivity contribution >= 4 is 0 Å². The van der Waals surface area contributed by atoms with Crippen molar-refractivity contribution in [3.63, 3.8) is 0 Å². The van der Waals surface area contributed by atoms with E-state index in [1.54, 1.807) is 0 Å². The Kier molecular flexibility index (Phi) is 3.14. The minimum Gasteiger partial charge on any atom is -0.376 e. The van der Waals surface area contributed by atoms with Crippen LogP contribution in [-0.4, -0.2) is 13.2 Å². The van der Waals surface area contributed by atoms with E-state index in [1.165, 1.54) is 16.7 Å². The second-order valence-corrected chi connectivity index (χ2v) is 3.53. The van der Waals surface area contributed by atoms with Crippen molar-refractivity contribution in [1.82, 2.24) is 0 Å². The summed E-state index contributed by atoms with van der Waals surface area (Å²) in [6.07, 6.45) is 1.90. The Labute approximate surface area is 83.8 Å². The summed E-state index contributed by atoms with van der Waals surface area (Å²) in [6.45, 7) is 2.16. The van der Waals surface area contributed by atoms with Crippen LogP contribution in [0.4, 0.5) is 0 Å². The summed E-state index contributed by atoms with van der Waals surface area (Å²) in [7, 11) is 0. The van der Waals surface area contributed by atoms with Crippen molar-refractivity contribution in [2.75, 3.05) is 13.2 Å². The lowest BCUT2D eigenvalue weighted by Gasteiger charge is -2.17. The van der Waals surface area contributed by atoms with E-state index in [9.17, 15) is 0 Å². The molecule has 0 radical (unpaired) electrons. The van der Waals surface area contributed by atoms with Gasteiger partial charge in [-0.05, 0) is 29.5 Å². The number of rotatable bonds is 3. The summed E-state index contributed by atoms with van der Waals surface area (Å²) in [5.41, 5.74) is 3.99. The number of benzene rings is 1. The highest BCUT2D eigenvalue weighted by molar-refractivity contribution is 5.33. The molecule has 1 aliphatic heterocycles. The highest BCUT2D eigenvalue weighted by atomic mass is 16.6. The number of nitrogens with two attached hydrogens (primary N) is 1. The van der Waals surface area contributed by atoms with Crippen molar-refractivity contribution in [2.24, 2.45) is 5.90 Å². The average molecular weight is 193 g/mol. The van der Waals surface area contributed by atoms with Crippen LogP contribution < -0.4 is 5.90 Å².